The van der Waals surface area contributed by atoms with Gasteiger partial charge in [-0.3, -0.25) is 9.59 Å². The minimum Gasteiger partial charge on any atom is -0.465 e. The standard InChI is InChI=1S/C19H25N3O4/c1-26-19(25)15-6-4-5-14(10-15)17(23)21-12-13-9-16(20-11-13)18(24)22-7-2-3-8-22/h4-6,10,13,16,20H,2-3,7-9,11-12H2,1H3,(H,21,23)/t13?,16-/m0/s1. The summed E-state index contributed by atoms with van der Waals surface area (Å²) >= 11 is 0. The molecule has 0 saturated carbocycles. The summed E-state index contributed by atoms with van der Waals surface area (Å²) in [5, 5.41) is 6.17. The van der Waals surface area contributed by atoms with E-state index in [1.807, 2.05) is 4.90 Å². The molecule has 7 nitrogen and oxygen atoms in total. The van der Waals surface area contributed by atoms with Gasteiger partial charge in [-0.05, 0) is 43.4 Å². The summed E-state index contributed by atoms with van der Waals surface area (Å²) in [6.07, 6.45) is 2.91. The highest BCUT2D eigenvalue weighted by atomic mass is 16.5. The predicted octanol–water partition coefficient (Wildman–Crippen LogP) is 0.803. The van der Waals surface area contributed by atoms with E-state index in [1.54, 1.807) is 18.2 Å². The highest BCUT2D eigenvalue weighted by Gasteiger charge is 2.33. The van der Waals surface area contributed by atoms with Crippen molar-refractivity contribution in [3.05, 3.63) is 35.4 Å². The number of benzene rings is 1. The van der Waals surface area contributed by atoms with E-state index in [9.17, 15) is 14.4 Å². The summed E-state index contributed by atoms with van der Waals surface area (Å²) in [4.78, 5) is 38.2. The number of methoxy groups -OCH3 is 1. The number of ether oxygens (including phenoxy) is 1. The van der Waals surface area contributed by atoms with Crippen molar-refractivity contribution in [1.29, 1.82) is 0 Å². The maximum atomic E-state index is 12.4. The van der Waals surface area contributed by atoms with Crippen LogP contribution in [0.1, 0.15) is 40.0 Å². The van der Waals surface area contributed by atoms with Crippen LogP contribution in [-0.4, -0.2) is 62.0 Å². The first-order valence-corrected chi connectivity index (χ1v) is 9.07. The minimum absolute atomic E-state index is 0.141. The smallest absolute Gasteiger partial charge is 0.337 e. The summed E-state index contributed by atoms with van der Waals surface area (Å²) in [6, 6.07) is 6.31. The molecule has 1 aromatic rings. The van der Waals surface area contributed by atoms with Gasteiger partial charge in [0.15, 0.2) is 0 Å². The third kappa shape index (κ3) is 4.22. The summed E-state index contributed by atoms with van der Waals surface area (Å²) in [5.74, 6) is -0.297. The van der Waals surface area contributed by atoms with Crippen molar-refractivity contribution in [1.82, 2.24) is 15.5 Å². The van der Waals surface area contributed by atoms with Crippen LogP contribution in [0.5, 0.6) is 0 Å². The van der Waals surface area contributed by atoms with Gasteiger partial charge >= 0.3 is 5.97 Å². The fourth-order valence-electron chi connectivity index (χ4n) is 3.55. The van der Waals surface area contributed by atoms with E-state index in [-0.39, 0.29) is 23.8 Å². The van der Waals surface area contributed by atoms with Crippen molar-refractivity contribution in [3.8, 4) is 0 Å². The molecule has 1 unspecified atom stereocenters. The average Bonchev–Trinajstić information content (AvgIpc) is 3.37. The predicted molar refractivity (Wildman–Crippen MR) is 95.8 cm³/mol. The molecule has 0 spiro atoms. The lowest BCUT2D eigenvalue weighted by Crippen LogP contribution is -2.42. The number of hydrogen-bond donors (Lipinski definition) is 2. The Morgan fingerprint density at radius 1 is 1.23 bits per heavy atom. The van der Waals surface area contributed by atoms with Crippen LogP contribution in [0.2, 0.25) is 0 Å². The Bertz CT molecular complexity index is 685. The molecular weight excluding hydrogens is 334 g/mol. The second-order valence-corrected chi connectivity index (χ2v) is 6.88. The molecule has 2 aliphatic rings. The Hall–Kier alpha value is -2.41. The van der Waals surface area contributed by atoms with Crippen LogP contribution in [0.15, 0.2) is 24.3 Å². The van der Waals surface area contributed by atoms with Gasteiger partial charge < -0.3 is 20.3 Å². The van der Waals surface area contributed by atoms with Gasteiger partial charge in [0.05, 0.1) is 18.7 Å². The first-order valence-electron chi connectivity index (χ1n) is 9.07. The zero-order valence-corrected chi connectivity index (χ0v) is 15.0. The molecule has 2 atom stereocenters. The highest BCUT2D eigenvalue weighted by molar-refractivity contribution is 5.97. The van der Waals surface area contributed by atoms with E-state index in [0.717, 1.165) is 32.4 Å². The lowest BCUT2D eigenvalue weighted by molar-refractivity contribution is -0.132. The lowest BCUT2D eigenvalue weighted by Gasteiger charge is -2.20. The van der Waals surface area contributed by atoms with Crippen molar-refractivity contribution in [2.75, 3.05) is 33.3 Å². The van der Waals surface area contributed by atoms with E-state index in [2.05, 4.69) is 15.4 Å². The number of amides is 2. The second kappa shape index (κ2) is 8.31. The molecule has 26 heavy (non-hydrogen) atoms. The largest absolute Gasteiger partial charge is 0.465 e. The first kappa shape index (κ1) is 18.4. The molecule has 0 radical (unpaired) electrons. The van der Waals surface area contributed by atoms with E-state index >= 15 is 0 Å². The van der Waals surface area contributed by atoms with E-state index in [4.69, 9.17) is 0 Å². The van der Waals surface area contributed by atoms with E-state index < -0.39 is 5.97 Å². The monoisotopic (exact) mass is 359 g/mol. The van der Waals surface area contributed by atoms with Gasteiger partial charge in [0.25, 0.3) is 5.91 Å². The van der Waals surface area contributed by atoms with Gasteiger partial charge in [0.1, 0.15) is 0 Å². The number of nitrogens with zero attached hydrogens (tertiary/aromatic N) is 1. The summed E-state index contributed by atoms with van der Waals surface area (Å²) in [6.45, 7) is 2.93. The molecule has 2 saturated heterocycles. The Kier molecular flexibility index (Phi) is 5.88. The first-order chi connectivity index (χ1) is 12.6. The molecule has 2 N–H and O–H groups in total. The Labute approximate surface area is 153 Å². The number of rotatable bonds is 5. The number of likely N-dealkylation sites (tertiary alicyclic amines) is 1. The molecular formula is C19H25N3O4. The van der Waals surface area contributed by atoms with Crippen LogP contribution < -0.4 is 10.6 Å². The maximum absolute atomic E-state index is 12.4. The zero-order chi connectivity index (χ0) is 18.5. The molecule has 2 aliphatic heterocycles. The molecule has 0 aromatic heterocycles. The fourth-order valence-corrected chi connectivity index (χ4v) is 3.55. The number of nitrogens with one attached hydrogen (secondary N) is 2. The third-order valence-corrected chi connectivity index (χ3v) is 5.03. The van der Waals surface area contributed by atoms with Crippen LogP contribution in [0, 0.1) is 5.92 Å². The molecule has 0 aliphatic carbocycles. The van der Waals surface area contributed by atoms with Crippen LogP contribution in [0.3, 0.4) is 0 Å². The van der Waals surface area contributed by atoms with Crippen molar-refractivity contribution in [2.45, 2.75) is 25.3 Å². The van der Waals surface area contributed by atoms with E-state index in [0.29, 0.717) is 24.2 Å². The van der Waals surface area contributed by atoms with Gasteiger partial charge in [-0.2, -0.15) is 0 Å². The van der Waals surface area contributed by atoms with Crippen LogP contribution >= 0.6 is 0 Å². The SMILES string of the molecule is COC(=O)c1cccc(C(=O)NCC2CN[C@H](C(=O)N3CCCC3)C2)c1. The summed E-state index contributed by atoms with van der Waals surface area (Å²) < 4.78 is 4.67. The van der Waals surface area contributed by atoms with Gasteiger partial charge in [-0.1, -0.05) is 6.07 Å². The molecule has 2 amide bonds. The van der Waals surface area contributed by atoms with Crippen molar-refractivity contribution in [2.24, 2.45) is 5.92 Å². The topological polar surface area (TPSA) is 87.7 Å². The van der Waals surface area contributed by atoms with Gasteiger partial charge in [-0.25, -0.2) is 4.79 Å². The number of hydrogen-bond acceptors (Lipinski definition) is 5. The Morgan fingerprint density at radius 3 is 2.69 bits per heavy atom. The normalized spacial score (nSPS) is 22.3. The average molecular weight is 359 g/mol. The van der Waals surface area contributed by atoms with Crippen molar-refractivity contribution >= 4 is 17.8 Å². The van der Waals surface area contributed by atoms with E-state index in [1.165, 1.54) is 13.2 Å². The molecule has 7 heteroatoms. The number of esters is 1. The van der Waals surface area contributed by atoms with Gasteiger partial charge in [0.2, 0.25) is 5.91 Å². The quantitative estimate of drug-likeness (QED) is 0.760. The zero-order valence-electron chi connectivity index (χ0n) is 15.0. The Morgan fingerprint density at radius 2 is 1.96 bits per heavy atom. The van der Waals surface area contributed by atoms with Crippen molar-refractivity contribution < 1.29 is 19.1 Å². The molecule has 1 aromatic carbocycles. The number of carbonyl (C=O) groups excluding carboxylic acids is 3. The lowest BCUT2D eigenvalue weighted by atomic mass is 10.0. The van der Waals surface area contributed by atoms with Crippen LogP contribution in [-0.2, 0) is 9.53 Å². The van der Waals surface area contributed by atoms with Crippen molar-refractivity contribution in [3.63, 3.8) is 0 Å². The molecule has 3 rings (SSSR count). The van der Waals surface area contributed by atoms with Crippen LogP contribution in [0.4, 0.5) is 0 Å². The number of carbonyl (C=O) groups is 3. The maximum Gasteiger partial charge on any atom is 0.337 e. The second-order valence-electron chi connectivity index (χ2n) is 6.88. The van der Waals surface area contributed by atoms with Gasteiger partial charge in [-0.15, -0.1) is 0 Å². The fraction of sp³-hybridized carbons (Fsp3) is 0.526. The minimum atomic E-state index is -0.470. The Balaban J connectivity index is 1.49. The highest BCUT2D eigenvalue weighted by Crippen LogP contribution is 2.18. The van der Waals surface area contributed by atoms with Crippen LogP contribution in [0.25, 0.3) is 0 Å². The molecule has 140 valence electrons. The summed E-state index contributed by atoms with van der Waals surface area (Å²) in [5.41, 5.74) is 0.766. The van der Waals surface area contributed by atoms with Gasteiger partial charge in [0, 0.05) is 31.7 Å². The summed E-state index contributed by atoms with van der Waals surface area (Å²) in [7, 11) is 1.31. The molecule has 2 fully saturated rings. The molecule has 2 heterocycles. The molecule has 0 bridgehead atoms. The third-order valence-electron chi connectivity index (χ3n) is 5.03.